The molecule has 1 aliphatic rings. The summed E-state index contributed by atoms with van der Waals surface area (Å²) in [6.07, 6.45) is -2.78. The van der Waals surface area contributed by atoms with Crippen LogP contribution in [0.5, 0.6) is 0 Å². The van der Waals surface area contributed by atoms with Gasteiger partial charge in [-0.05, 0) is 19.8 Å². The fraction of sp³-hybridized carbons (Fsp3) is 0.700. The average Bonchev–Trinajstić information content (AvgIpc) is 2.95. The Morgan fingerprint density at radius 2 is 1.88 bits per heavy atom. The lowest BCUT2D eigenvalue weighted by Crippen LogP contribution is -2.35. The quantitative estimate of drug-likeness (QED) is 0.743. The zero-order chi connectivity index (χ0) is 12.6. The van der Waals surface area contributed by atoms with E-state index in [9.17, 15) is 13.2 Å². The maximum absolute atomic E-state index is 12.7. The number of halogens is 4. The summed E-state index contributed by atoms with van der Waals surface area (Å²) in [5, 5.41) is 3.76. The van der Waals surface area contributed by atoms with E-state index in [0.717, 1.165) is 4.68 Å². The van der Waals surface area contributed by atoms with Crippen molar-refractivity contribution < 1.29 is 13.2 Å². The molecular weight excluding hydrogens is 241 g/mol. The van der Waals surface area contributed by atoms with E-state index < -0.39 is 11.7 Å². The highest BCUT2D eigenvalue weighted by atomic mass is 35.5. The molecule has 0 aromatic carbocycles. The van der Waals surface area contributed by atoms with E-state index >= 15 is 0 Å². The lowest BCUT2D eigenvalue weighted by molar-refractivity contribution is -0.182. The maximum Gasteiger partial charge on any atom is 0.413 e. The van der Waals surface area contributed by atoms with E-state index in [-0.39, 0.29) is 18.0 Å². The molecule has 0 spiro atoms. The average molecular weight is 255 g/mol. The van der Waals surface area contributed by atoms with Crippen LogP contribution in [0.15, 0.2) is 6.20 Å². The van der Waals surface area contributed by atoms with Gasteiger partial charge in [0.1, 0.15) is 5.15 Å². The summed E-state index contributed by atoms with van der Waals surface area (Å²) >= 11 is 5.74. The molecule has 1 aromatic rings. The molecule has 6 heteroatoms. The highest BCUT2D eigenvalue weighted by Crippen LogP contribution is 2.56. The number of nitrogens with zero attached hydrogens (tertiary/aromatic N) is 2. The molecular formula is C10H14ClF3N2. The normalized spacial score (nSPS) is 17.7. The van der Waals surface area contributed by atoms with E-state index in [1.54, 1.807) is 6.92 Å². The molecule has 0 radical (unpaired) electrons. The fourth-order valence-electron chi connectivity index (χ4n) is 1.45. The number of aryl methyl sites for hydroxylation is 1. The first-order valence-corrected chi connectivity index (χ1v) is 5.54. The van der Waals surface area contributed by atoms with E-state index in [4.69, 9.17) is 11.6 Å². The number of hydrogen-bond donors (Lipinski definition) is 0. The molecule has 1 aliphatic carbocycles. The summed E-state index contributed by atoms with van der Waals surface area (Å²) in [6.45, 7) is 5.64. The monoisotopic (exact) mass is 254 g/mol. The van der Waals surface area contributed by atoms with Gasteiger partial charge in [-0.3, -0.25) is 0 Å². The summed E-state index contributed by atoms with van der Waals surface area (Å²) in [4.78, 5) is 0. The van der Waals surface area contributed by atoms with Crippen LogP contribution in [-0.4, -0.2) is 16.0 Å². The lowest BCUT2D eigenvalue weighted by Gasteiger charge is -2.20. The molecule has 92 valence electrons. The standard InChI is InChI=1S/C8H8ClF3N2.C2H6/c1-5-4-13-14(6(5)9)7(2-3-7)8(10,11)12;1-2/h4H,2-3H2,1H3;1-2H3. The number of alkyl halides is 3. The van der Waals surface area contributed by atoms with Crippen molar-refractivity contribution in [1.29, 1.82) is 0 Å². The predicted octanol–water partition coefficient (Wildman–Crippen LogP) is 3.92. The second-order valence-corrected chi connectivity index (χ2v) is 3.92. The van der Waals surface area contributed by atoms with Crippen molar-refractivity contribution in [2.45, 2.75) is 45.3 Å². The van der Waals surface area contributed by atoms with E-state index in [0.29, 0.717) is 5.56 Å². The fourth-order valence-corrected chi connectivity index (χ4v) is 1.70. The van der Waals surface area contributed by atoms with E-state index in [2.05, 4.69) is 5.10 Å². The first-order chi connectivity index (χ1) is 7.38. The second kappa shape index (κ2) is 4.28. The molecule has 2 nitrogen and oxygen atoms in total. The van der Waals surface area contributed by atoms with Gasteiger partial charge < -0.3 is 0 Å². The number of aromatic nitrogens is 2. The van der Waals surface area contributed by atoms with Gasteiger partial charge in [0, 0.05) is 5.56 Å². The van der Waals surface area contributed by atoms with Gasteiger partial charge in [0.15, 0.2) is 5.54 Å². The lowest BCUT2D eigenvalue weighted by atomic mass is 10.2. The molecule has 0 saturated heterocycles. The molecule has 0 unspecified atom stereocenters. The third-order valence-electron chi connectivity index (χ3n) is 2.53. The van der Waals surface area contributed by atoms with Crippen LogP contribution in [0.1, 0.15) is 32.3 Å². The van der Waals surface area contributed by atoms with Crippen LogP contribution in [0.25, 0.3) is 0 Å². The summed E-state index contributed by atoms with van der Waals surface area (Å²) in [5.41, 5.74) is -1.26. The van der Waals surface area contributed by atoms with Crippen LogP contribution in [0, 0.1) is 6.92 Å². The Balaban J connectivity index is 0.000000606. The Bertz CT molecular complexity index is 367. The summed E-state index contributed by atoms with van der Waals surface area (Å²) in [6, 6.07) is 0. The van der Waals surface area contributed by atoms with Gasteiger partial charge in [0.05, 0.1) is 6.20 Å². The van der Waals surface area contributed by atoms with Gasteiger partial charge >= 0.3 is 6.18 Å². The summed E-state index contributed by atoms with van der Waals surface area (Å²) in [5.74, 6) is 0. The smallest absolute Gasteiger partial charge is 0.238 e. The summed E-state index contributed by atoms with van der Waals surface area (Å²) in [7, 11) is 0. The van der Waals surface area contributed by atoms with Crippen molar-refractivity contribution in [2.75, 3.05) is 0 Å². The molecule has 0 N–H and O–H groups in total. The second-order valence-electron chi connectivity index (χ2n) is 3.56. The first kappa shape index (κ1) is 13.4. The van der Waals surface area contributed by atoms with Gasteiger partial charge in [0.25, 0.3) is 0 Å². The van der Waals surface area contributed by atoms with E-state index in [1.165, 1.54) is 6.20 Å². The zero-order valence-corrected chi connectivity index (χ0v) is 10.2. The molecule has 16 heavy (non-hydrogen) atoms. The third-order valence-corrected chi connectivity index (χ3v) is 2.99. The minimum Gasteiger partial charge on any atom is -0.238 e. The van der Waals surface area contributed by atoms with E-state index in [1.807, 2.05) is 13.8 Å². The third kappa shape index (κ3) is 1.93. The van der Waals surface area contributed by atoms with Gasteiger partial charge in [-0.2, -0.15) is 18.3 Å². The van der Waals surface area contributed by atoms with Crippen LogP contribution < -0.4 is 0 Å². The van der Waals surface area contributed by atoms with Crippen LogP contribution >= 0.6 is 11.6 Å². The van der Waals surface area contributed by atoms with Crippen LogP contribution in [0.2, 0.25) is 5.15 Å². The van der Waals surface area contributed by atoms with Crippen LogP contribution in [0.3, 0.4) is 0 Å². The Morgan fingerprint density at radius 3 is 2.12 bits per heavy atom. The van der Waals surface area contributed by atoms with Crippen molar-refractivity contribution in [2.24, 2.45) is 0 Å². The molecule has 0 aliphatic heterocycles. The molecule has 2 rings (SSSR count). The van der Waals surface area contributed by atoms with Gasteiger partial charge in [-0.1, -0.05) is 25.4 Å². The maximum atomic E-state index is 12.7. The molecule has 1 fully saturated rings. The number of hydrogen-bond acceptors (Lipinski definition) is 1. The molecule has 1 saturated carbocycles. The molecule has 1 heterocycles. The van der Waals surface area contributed by atoms with Gasteiger partial charge in [-0.15, -0.1) is 0 Å². The topological polar surface area (TPSA) is 17.8 Å². The van der Waals surface area contributed by atoms with Crippen molar-refractivity contribution in [3.8, 4) is 0 Å². The van der Waals surface area contributed by atoms with Crippen molar-refractivity contribution in [3.63, 3.8) is 0 Å². The van der Waals surface area contributed by atoms with Crippen molar-refractivity contribution in [3.05, 3.63) is 16.9 Å². The SMILES string of the molecule is CC.Cc1cnn(C2(C(F)(F)F)CC2)c1Cl. The minimum atomic E-state index is -4.27. The Labute approximate surface area is 97.4 Å². The Morgan fingerprint density at radius 1 is 1.38 bits per heavy atom. The van der Waals surface area contributed by atoms with Crippen molar-refractivity contribution >= 4 is 11.6 Å². The molecule has 0 bridgehead atoms. The van der Waals surface area contributed by atoms with Crippen LogP contribution in [0.4, 0.5) is 13.2 Å². The Hall–Kier alpha value is -0.710. The minimum absolute atomic E-state index is 0.0668. The predicted molar refractivity (Wildman–Crippen MR) is 56.6 cm³/mol. The first-order valence-electron chi connectivity index (χ1n) is 5.16. The highest BCUT2D eigenvalue weighted by molar-refractivity contribution is 6.30. The summed E-state index contributed by atoms with van der Waals surface area (Å²) < 4.78 is 38.8. The molecule has 0 atom stereocenters. The zero-order valence-electron chi connectivity index (χ0n) is 9.40. The van der Waals surface area contributed by atoms with Crippen LogP contribution in [-0.2, 0) is 5.54 Å². The Kier molecular flexibility index (Phi) is 3.57. The molecule has 1 aromatic heterocycles. The van der Waals surface area contributed by atoms with Gasteiger partial charge in [0.2, 0.25) is 0 Å². The number of rotatable bonds is 1. The van der Waals surface area contributed by atoms with Gasteiger partial charge in [-0.25, -0.2) is 4.68 Å². The highest BCUT2D eigenvalue weighted by Gasteiger charge is 2.66. The largest absolute Gasteiger partial charge is 0.413 e. The molecule has 0 amide bonds. The van der Waals surface area contributed by atoms with Crippen molar-refractivity contribution in [1.82, 2.24) is 9.78 Å².